The molecule has 21 heavy (non-hydrogen) atoms. The highest BCUT2D eigenvalue weighted by molar-refractivity contribution is 9.10. The van der Waals surface area contributed by atoms with Crippen molar-refractivity contribution in [3.63, 3.8) is 0 Å². The molecule has 0 unspecified atom stereocenters. The van der Waals surface area contributed by atoms with Gasteiger partial charge in [0, 0.05) is 29.1 Å². The van der Waals surface area contributed by atoms with Gasteiger partial charge in [-0.05, 0) is 17.7 Å². The van der Waals surface area contributed by atoms with Gasteiger partial charge in [-0.15, -0.1) is 0 Å². The van der Waals surface area contributed by atoms with Crippen LogP contribution in [0, 0.1) is 0 Å². The maximum Gasteiger partial charge on any atom is 0.358 e. The van der Waals surface area contributed by atoms with Gasteiger partial charge in [-0.1, -0.05) is 21.1 Å². The van der Waals surface area contributed by atoms with E-state index in [0.29, 0.717) is 25.5 Å². The molecule has 0 radical (unpaired) electrons. The van der Waals surface area contributed by atoms with Crippen molar-refractivity contribution < 1.29 is 19.2 Å². The van der Waals surface area contributed by atoms with Crippen LogP contribution in [0.5, 0.6) is 5.75 Å². The number of carboxylic acids is 1. The molecule has 110 valence electrons. The molecule has 1 aromatic heterocycles. The van der Waals surface area contributed by atoms with Gasteiger partial charge in [0.05, 0.1) is 13.2 Å². The minimum Gasteiger partial charge on any atom is -0.493 e. The fourth-order valence-corrected chi connectivity index (χ4v) is 2.85. The minimum absolute atomic E-state index is 0.0847. The summed E-state index contributed by atoms with van der Waals surface area (Å²) < 4.78 is 11.6. The monoisotopic (exact) mass is 352 g/mol. The van der Waals surface area contributed by atoms with Gasteiger partial charge in [-0.2, -0.15) is 0 Å². The number of aromatic carboxylic acids is 1. The summed E-state index contributed by atoms with van der Waals surface area (Å²) in [5.74, 6) is 0.331. The zero-order valence-corrected chi connectivity index (χ0v) is 12.6. The van der Waals surface area contributed by atoms with Gasteiger partial charge in [0.1, 0.15) is 5.75 Å². The lowest BCUT2D eigenvalue weighted by Gasteiger charge is -2.09. The second-order valence-electron chi connectivity index (χ2n) is 4.74. The van der Waals surface area contributed by atoms with Crippen LogP contribution in [0.3, 0.4) is 0 Å². The number of hydrogen-bond acceptors (Lipinski definition) is 5. The molecule has 6 nitrogen and oxygen atoms in total. The summed E-state index contributed by atoms with van der Waals surface area (Å²) in [6, 6.07) is 5.50. The van der Waals surface area contributed by atoms with E-state index in [9.17, 15) is 4.79 Å². The van der Waals surface area contributed by atoms with E-state index in [1.54, 1.807) is 0 Å². The Morgan fingerprint density at radius 3 is 3.00 bits per heavy atom. The Bertz CT molecular complexity index is 684. The number of aromatic nitrogens is 1. The highest BCUT2D eigenvalue weighted by Gasteiger charge is 2.17. The first kappa shape index (κ1) is 14.1. The zero-order valence-electron chi connectivity index (χ0n) is 11.1. The van der Waals surface area contributed by atoms with E-state index in [-0.39, 0.29) is 5.69 Å². The molecule has 2 heterocycles. The van der Waals surface area contributed by atoms with Crippen LogP contribution in [0.4, 0.5) is 0 Å². The van der Waals surface area contributed by atoms with Crippen molar-refractivity contribution in [1.29, 1.82) is 0 Å². The molecule has 2 aromatic rings. The van der Waals surface area contributed by atoms with E-state index in [2.05, 4.69) is 32.5 Å². The number of benzene rings is 1. The first-order chi connectivity index (χ1) is 10.1. The van der Waals surface area contributed by atoms with Gasteiger partial charge in [-0.25, -0.2) is 4.79 Å². The summed E-state index contributed by atoms with van der Waals surface area (Å²) in [5.41, 5.74) is 2.18. The number of carboxylic acid groups (broad SMARTS) is 1. The minimum atomic E-state index is -1.09. The highest BCUT2D eigenvalue weighted by Crippen LogP contribution is 2.32. The predicted octanol–water partition coefficient (Wildman–Crippen LogP) is 2.36. The first-order valence-electron chi connectivity index (χ1n) is 6.47. The number of halogens is 1. The number of hydrogen-bond donors (Lipinski definition) is 2. The lowest BCUT2D eigenvalue weighted by Crippen LogP contribution is -2.13. The Balaban J connectivity index is 1.64. The molecule has 0 fully saturated rings. The average molecular weight is 353 g/mol. The topological polar surface area (TPSA) is 84.6 Å². The molecule has 0 saturated heterocycles. The van der Waals surface area contributed by atoms with E-state index in [1.807, 2.05) is 6.07 Å². The summed E-state index contributed by atoms with van der Waals surface area (Å²) >= 11 is 3.49. The van der Waals surface area contributed by atoms with Crippen LogP contribution in [-0.4, -0.2) is 22.8 Å². The van der Waals surface area contributed by atoms with Crippen molar-refractivity contribution in [3.05, 3.63) is 45.3 Å². The molecule has 1 aliphatic rings. The van der Waals surface area contributed by atoms with Crippen LogP contribution in [0.2, 0.25) is 0 Å². The molecule has 7 heteroatoms. The Morgan fingerprint density at radius 2 is 2.24 bits per heavy atom. The number of nitrogens with zero attached hydrogens (tertiary/aromatic N) is 1. The summed E-state index contributed by atoms with van der Waals surface area (Å²) in [6.07, 6.45) is 0.922. The molecule has 0 amide bonds. The number of rotatable bonds is 5. The summed E-state index contributed by atoms with van der Waals surface area (Å²) in [4.78, 5) is 10.7. The van der Waals surface area contributed by atoms with Gasteiger partial charge in [0.25, 0.3) is 0 Å². The van der Waals surface area contributed by atoms with Crippen molar-refractivity contribution in [3.8, 4) is 5.75 Å². The molecular formula is C14H13BrN2O4. The van der Waals surface area contributed by atoms with E-state index in [4.69, 9.17) is 14.4 Å². The average Bonchev–Trinajstić information content (AvgIpc) is 3.06. The fourth-order valence-electron chi connectivity index (χ4n) is 2.29. The smallest absolute Gasteiger partial charge is 0.358 e. The van der Waals surface area contributed by atoms with Crippen molar-refractivity contribution >= 4 is 21.9 Å². The Morgan fingerprint density at radius 1 is 1.38 bits per heavy atom. The standard InChI is InChI=1S/C14H13BrN2O4/c15-10-3-8-1-2-20-13(8)9(4-10)6-16-7-11-5-12(14(18)19)17-21-11/h3-5,16H,1-2,6-7H2,(H,18,19). The van der Waals surface area contributed by atoms with Gasteiger partial charge in [-0.3, -0.25) is 0 Å². The first-order valence-corrected chi connectivity index (χ1v) is 7.26. The van der Waals surface area contributed by atoms with Crippen LogP contribution in [0.15, 0.2) is 27.2 Å². The van der Waals surface area contributed by atoms with E-state index >= 15 is 0 Å². The molecular weight excluding hydrogens is 340 g/mol. The van der Waals surface area contributed by atoms with E-state index in [1.165, 1.54) is 11.6 Å². The van der Waals surface area contributed by atoms with Gasteiger partial charge < -0.3 is 19.7 Å². The molecule has 0 saturated carbocycles. The fraction of sp³-hybridized carbons (Fsp3) is 0.286. The van der Waals surface area contributed by atoms with Crippen molar-refractivity contribution in [2.24, 2.45) is 0 Å². The van der Waals surface area contributed by atoms with Crippen molar-refractivity contribution in [2.45, 2.75) is 19.5 Å². The van der Waals surface area contributed by atoms with E-state index < -0.39 is 5.97 Å². The zero-order chi connectivity index (χ0) is 14.8. The van der Waals surface area contributed by atoms with Crippen LogP contribution < -0.4 is 10.1 Å². The molecule has 2 N–H and O–H groups in total. The van der Waals surface area contributed by atoms with Crippen LogP contribution in [-0.2, 0) is 19.5 Å². The van der Waals surface area contributed by atoms with Gasteiger partial charge in [0.15, 0.2) is 11.5 Å². The number of fused-ring (bicyclic) bond motifs is 1. The quantitative estimate of drug-likeness (QED) is 0.859. The largest absolute Gasteiger partial charge is 0.493 e. The lowest BCUT2D eigenvalue weighted by molar-refractivity contribution is 0.0685. The van der Waals surface area contributed by atoms with Crippen LogP contribution >= 0.6 is 15.9 Å². The Kier molecular flexibility index (Phi) is 3.94. The van der Waals surface area contributed by atoms with E-state index in [0.717, 1.165) is 22.2 Å². The molecule has 0 bridgehead atoms. The second-order valence-corrected chi connectivity index (χ2v) is 5.65. The Hall–Kier alpha value is -1.86. The third-order valence-electron chi connectivity index (χ3n) is 3.22. The summed E-state index contributed by atoms with van der Waals surface area (Å²) in [5, 5.41) is 15.4. The molecule has 1 aliphatic heterocycles. The number of nitrogens with one attached hydrogen (secondary N) is 1. The van der Waals surface area contributed by atoms with Crippen LogP contribution in [0.1, 0.15) is 27.4 Å². The van der Waals surface area contributed by atoms with Gasteiger partial charge in [0.2, 0.25) is 0 Å². The molecule has 0 aliphatic carbocycles. The second kappa shape index (κ2) is 5.87. The van der Waals surface area contributed by atoms with Crippen molar-refractivity contribution in [1.82, 2.24) is 10.5 Å². The maximum absolute atomic E-state index is 10.7. The van der Waals surface area contributed by atoms with Crippen molar-refractivity contribution in [2.75, 3.05) is 6.61 Å². The molecule has 1 aromatic carbocycles. The summed E-state index contributed by atoms with van der Waals surface area (Å²) in [6.45, 7) is 1.72. The highest BCUT2D eigenvalue weighted by atomic mass is 79.9. The molecule has 0 spiro atoms. The predicted molar refractivity (Wildman–Crippen MR) is 77.3 cm³/mol. The number of carbonyl (C=O) groups is 1. The maximum atomic E-state index is 10.7. The summed E-state index contributed by atoms with van der Waals surface area (Å²) in [7, 11) is 0. The third-order valence-corrected chi connectivity index (χ3v) is 3.68. The van der Waals surface area contributed by atoms with Gasteiger partial charge >= 0.3 is 5.97 Å². The van der Waals surface area contributed by atoms with Crippen LogP contribution in [0.25, 0.3) is 0 Å². The number of ether oxygens (including phenoxy) is 1. The molecule has 3 rings (SSSR count). The Labute approximate surface area is 129 Å². The third kappa shape index (κ3) is 3.08. The SMILES string of the molecule is O=C(O)c1cc(CNCc2cc(Br)cc3c2OCC3)on1. The lowest BCUT2D eigenvalue weighted by atomic mass is 10.1. The normalized spacial score (nSPS) is 13.0. The molecule has 0 atom stereocenters.